The minimum atomic E-state index is -0.473. The molecule has 0 N–H and O–H groups in total. The summed E-state index contributed by atoms with van der Waals surface area (Å²) in [6.45, 7) is 4.67. The molecule has 0 fully saturated rings. The van der Waals surface area contributed by atoms with Gasteiger partial charge in [-0.3, -0.25) is 4.79 Å². The van der Waals surface area contributed by atoms with Gasteiger partial charge in [0.1, 0.15) is 18.1 Å². The third-order valence-corrected chi connectivity index (χ3v) is 6.07. The quantitative estimate of drug-likeness (QED) is 0.257. The SMILES string of the molecule is CCn1cc(/C=C2/Oc3c(ccc(OCC(=O)OCc4ccccc4)c3C)C2=O)c2ccccc21. The van der Waals surface area contributed by atoms with Gasteiger partial charge < -0.3 is 18.8 Å². The van der Waals surface area contributed by atoms with Gasteiger partial charge in [0.15, 0.2) is 12.4 Å². The highest BCUT2D eigenvalue weighted by molar-refractivity contribution is 6.15. The fourth-order valence-corrected chi connectivity index (χ4v) is 4.23. The number of Topliss-reactive ketones (excluding diaryl/α,β-unsaturated/α-hetero) is 1. The normalized spacial score (nSPS) is 13.7. The van der Waals surface area contributed by atoms with Crippen LogP contribution in [0, 0.1) is 6.92 Å². The van der Waals surface area contributed by atoms with Crippen molar-refractivity contribution >= 4 is 28.7 Å². The Bertz CT molecular complexity index is 1450. The molecule has 0 aliphatic carbocycles. The molecule has 6 nitrogen and oxygen atoms in total. The number of rotatable bonds is 7. The monoisotopic (exact) mass is 467 g/mol. The summed E-state index contributed by atoms with van der Waals surface area (Å²) in [6.07, 6.45) is 3.82. The Morgan fingerprint density at radius 1 is 1.03 bits per heavy atom. The second-order valence-corrected chi connectivity index (χ2v) is 8.33. The van der Waals surface area contributed by atoms with E-state index >= 15 is 0 Å². The topological polar surface area (TPSA) is 66.8 Å². The van der Waals surface area contributed by atoms with Gasteiger partial charge in [-0.05, 0) is 43.7 Å². The van der Waals surface area contributed by atoms with E-state index in [1.807, 2.05) is 61.7 Å². The zero-order valence-electron chi connectivity index (χ0n) is 19.6. The molecule has 1 aliphatic rings. The largest absolute Gasteiger partial charge is 0.481 e. The summed E-state index contributed by atoms with van der Waals surface area (Å²) in [4.78, 5) is 25.2. The summed E-state index contributed by atoms with van der Waals surface area (Å²) in [6, 6.07) is 20.9. The van der Waals surface area contributed by atoms with Crippen molar-refractivity contribution in [1.82, 2.24) is 4.57 Å². The van der Waals surface area contributed by atoms with Gasteiger partial charge in [0.05, 0.1) is 5.56 Å². The van der Waals surface area contributed by atoms with Crippen molar-refractivity contribution < 1.29 is 23.8 Å². The molecule has 4 aromatic rings. The maximum absolute atomic E-state index is 13.0. The second kappa shape index (κ2) is 9.50. The maximum atomic E-state index is 13.0. The fourth-order valence-electron chi connectivity index (χ4n) is 4.23. The molecule has 0 unspecified atom stereocenters. The summed E-state index contributed by atoms with van der Waals surface area (Å²) in [7, 11) is 0. The lowest BCUT2D eigenvalue weighted by atomic mass is 10.1. The molecule has 0 saturated carbocycles. The van der Waals surface area contributed by atoms with Gasteiger partial charge in [0, 0.05) is 34.8 Å². The van der Waals surface area contributed by atoms with Crippen LogP contribution in [0.5, 0.6) is 11.5 Å². The van der Waals surface area contributed by atoms with Crippen molar-refractivity contribution in [2.75, 3.05) is 6.61 Å². The number of hydrogen-bond acceptors (Lipinski definition) is 5. The van der Waals surface area contributed by atoms with Crippen molar-refractivity contribution in [3.05, 3.63) is 101 Å². The van der Waals surface area contributed by atoms with Gasteiger partial charge in [0.25, 0.3) is 0 Å². The van der Waals surface area contributed by atoms with Gasteiger partial charge in [-0.15, -0.1) is 0 Å². The highest BCUT2D eigenvalue weighted by Crippen LogP contribution is 2.39. The number of aromatic nitrogens is 1. The lowest BCUT2D eigenvalue weighted by Crippen LogP contribution is -2.15. The molecule has 0 amide bonds. The van der Waals surface area contributed by atoms with Crippen LogP contribution in [0.15, 0.2) is 78.7 Å². The first-order valence-corrected chi connectivity index (χ1v) is 11.5. The summed E-state index contributed by atoms with van der Waals surface area (Å²) in [5, 5.41) is 1.06. The highest BCUT2D eigenvalue weighted by Gasteiger charge is 2.30. The zero-order valence-corrected chi connectivity index (χ0v) is 19.6. The number of aryl methyl sites for hydroxylation is 1. The van der Waals surface area contributed by atoms with Crippen molar-refractivity contribution in [2.45, 2.75) is 27.0 Å². The summed E-state index contributed by atoms with van der Waals surface area (Å²) in [5.74, 6) is 0.540. The average Bonchev–Trinajstić information content (AvgIpc) is 3.41. The number of allylic oxidation sites excluding steroid dienone is 1. The van der Waals surface area contributed by atoms with Crippen LogP contribution in [0.4, 0.5) is 0 Å². The molecular formula is C29H25NO5. The smallest absolute Gasteiger partial charge is 0.344 e. The van der Waals surface area contributed by atoms with E-state index in [-0.39, 0.29) is 24.8 Å². The third-order valence-electron chi connectivity index (χ3n) is 6.07. The zero-order chi connectivity index (χ0) is 24.4. The Kier molecular flexibility index (Phi) is 6.10. The predicted molar refractivity (Wildman–Crippen MR) is 133 cm³/mol. The van der Waals surface area contributed by atoms with Gasteiger partial charge in [-0.25, -0.2) is 4.79 Å². The number of para-hydroxylation sites is 1. The van der Waals surface area contributed by atoms with Crippen LogP contribution in [0.25, 0.3) is 17.0 Å². The molecule has 0 bridgehead atoms. The maximum Gasteiger partial charge on any atom is 0.344 e. The van der Waals surface area contributed by atoms with E-state index in [1.54, 1.807) is 18.2 Å². The summed E-state index contributed by atoms with van der Waals surface area (Å²) < 4.78 is 19.1. The predicted octanol–water partition coefficient (Wildman–Crippen LogP) is 5.71. The van der Waals surface area contributed by atoms with E-state index in [0.717, 1.165) is 28.6 Å². The molecule has 35 heavy (non-hydrogen) atoms. The standard InChI is InChI=1S/C29H25NO5/c1-3-30-16-21(22-11-7-8-12-24(22)30)15-26-28(32)23-13-14-25(19(2)29(23)35-26)33-18-27(31)34-17-20-9-5-4-6-10-20/h4-16H,3,17-18H2,1-2H3/b26-15+. The van der Waals surface area contributed by atoms with Gasteiger partial charge in [0.2, 0.25) is 5.78 Å². The number of fused-ring (bicyclic) bond motifs is 2. The van der Waals surface area contributed by atoms with E-state index < -0.39 is 5.97 Å². The Hall–Kier alpha value is -4.32. The van der Waals surface area contributed by atoms with Crippen LogP contribution in [-0.2, 0) is 22.7 Å². The molecule has 3 aromatic carbocycles. The summed E-state index contributed by atoms with van der Waals surface area (Å²) in [5.41, 5.74) is 4.07. The number of carbonyl (C=O) groups excluding carboxylic acids is 2. The van der Waals surface area contributed by atoms with Crippen molar-refractivity contribution in [3.63, 3.8) is 0 Å². The van der Waals surface area contributed by atoms with E-state index in [0.29, 0.717) is 22.6 Å². The average molecular weight is 468 g/mol. The molecule has 0 spiro atoms. The molecule has 5 rings (SSSR count). The first-order valence-electron chi connectivity index (χ1n) is 11.5. The molecule has 0 saturated heterocycles. The molecule has 0 radical (unpaired) electrons. The van der Waals surface area contributed by atoms with Gasteiger partial charge in [-0.2, -0.15) is 0 Å². The highest BCUT2D eigenvalue weighted by atomic mass is 16.6. The fraction of sp³-hybridized carbons (Fsp3) is 0.172. The second-order valence-electron chi connectivity index (χ2n) is 8.33. The van der Waals surface area contributed by atoms with Crippen molar-refractivity contribution in [3.8, 4) is 11.5 Å². The molecule has 6 heteroatoms. The molecule has 176 valence electrons. The minimum Gasteiger partial charge on any atom is -0.481 e. The van der Waals surface area contributed by atoms with Crippen LogP contribution in [0.1, 0.15) is 34.0 Å². The molecule has 1 aromatic heterocycles. The Morgan fingerprint density at radius 3 is 2.60 bits per heavy atom. The number of nitrogens with zero attached hydrogens (tertiary/aromatic N) is 1. The lowest BCUT2D eigenvalue weighted by molar-refractivity contribution is -0.147. The van der Waals surface area contributed by atoms with Crippen LogP contribution in [0.3, 0.4) is 0 Å². The van der Waals surface area contributed by atoms with Crippen molar-refractivity contribution in [1.29, 1.82) is 0 Å². The number of esters is 1. The van der Waals surface area contributed by atoms with Crippen LogP contribution >= 0.6 is 0 Å². The Labute approximate surface area is 203 Å². The first kappa shape index (κ1) is 22.5. The van der Waals surface area contributed by atoms with Crippen LogP contribution < -0.4 is 9.47 Å². The Balaban J connectivity index is 1.31. The molecule has 2 heterocycles. The number of benzene rings is 3. The molecule has 1 aliphatic heterocycles. The lowest BCUT2D eigenvalue weighted by Gasteiger charge is -2.11. The van der Waals surface area contributed by atoms with Crippen LogP contribution in [-0.4, -0.2) is 22.9 Å². The van der Waals surface area contributed by atoms with E-state index in [1.165, 1.54) is 0 Å². The first-order chi connectivity index (χ1) is 17.0. The van der Waals surface area contributed by atoms with Gasteiger partial charge in [-0.1, -0.05) is 48.5 Å². The summed E-state index contributed by atoms with van der Waals surface area (Å²) >= 11 is 0. The number of hydrogen-bond donors (Lipinski definition) is 0. The minimum absolute atomic E-state index is 0.176. The molecule has 0 atom stereocenters. The Morgan fingerprint density at radius 2 is 1.80 bits per heavy atom. The van der Waals surface area contributed by atoms with E-state index in [2.05, 4.69) is 17.6 Å². The van der Waals surface area contributed by atoms with E-state index in [4.69, 9.17) is 14.2 Å². The van der Waals surface area contributed by atoms with Crippen molar-refractivity contribution in [2.24, 2.45) is 0 Å². The number of ether oxygens (including phenoxy) is 3. The number of carbonyl (C=O) groups is 2. The number of ketones is 1. The van der Waals surface area contributed by atoms with Crippen LogP contribution in [0.2, 0.25) is 0 Å². The molecular weight excluding hydrogens is 442 g/mol. The van der Waals surface area contributed by atoms with Gasteiger partial charge >= 0.3 is 5.97 Å². The van der Waals surface area contributed by atoms with E-state index in [9.17, 15) is 9.59 Å². The third kappa shape index (κ3) is 4.43.